The number of pyridine rings is 1. The minimum Gasteiger partial charge on any atom is -0.370 e. The van der Waals surface area contributed by atoms with E-state index in [1.807, 2.05) is 6.07 Å². The van der Waals surface area contributed by atoms with Crippen LogP contribution in [0.2, 0.25) is 0 Å². The second-order valence-corrected chi connectivity index (χ2v) is 9.40. The predicted octanol–water partition coefficient (Wildman–Crippen LogP) is 1.40. The Balaban J connectivity index is 1.56. The molecule has 1 amide bonds. The van der Waals surface area contributed by atoms with Gasteiger partial charge in [-0.2, -0.15) is 0 Å². The smallest absolute Gasteiger partial charge is 0.332 e. The van der Waals surface area contributed by atoms with Crippen LogP contribution in [0.25, 0.3) is 16.9 Å². The molecule has 4 heterocycles. The number of anilines is 1. The molecule has 0 aliphatic carbocycles. The second kappa shape index (κ2) is 7.41. The van der Waals surface area contributed by atoms with E-state index in [9.17, 15) is 14.4 Å². The van der Waals surface area contributed by atoms with Crippen molar-refractivity contribution in [3.63, 3.8) is 0 Å². The summed E-state index contributed by atoms with van der Waals surface area (Å²) in [7, 11) is 2.93. The Hall–Kier alpha value is -3.34. The molecule has 3 aromatic rings. The molecule has 1 atom stereocenters. The third-order valence-electron chi connectivity index (χ3n) is 5.20. The quantitative estimate of drug-likeness (QED) is 0.629. The Bertz CT molecular complexity index is 1330. The highest BCUT2D eigenvalue weighted by Gasteiger charge is 2.25. The Kier molecular flexibility index (Phi) is 5.00. The van der Waals surface area contributed by atoms with E-state index in [0.29, 0.717) is 5.82 Å². The molecule has 0 radical (unpaired) electrons. The first-order valence-corrected chi connectivity index (χ1v) is 10.5. The van der Waals surface area contributed by atoms with E-state index in [-0.39, 0.29) is 21.9 Å². The van der Waals surface area contributed by atoms with Crippen LogP contribution in [-0.4, -0.2) is 34.4 Å². The Morgan fingerprint density at radius 3 is 2.55 bits per heavy atom. The van der Waals surface area contributed by atoms with Crippen molar-refractivity contribution in [2.24, 2.45) is 14.1 Å². The highest BCUT2D eigenvalue weighted by Crippen LogP contribution is 2.34. The number of hydrogen-bond acceptors (Lipinski definition) is 7. The van der Waals surface area contributed by atoms with Gasteiger partial charge < -0.3 is 15.2 Å². The van der Waals surface area contributed by atoms with Crippen LogP contribution in [0.5, 0.6) is 0 Å². The van der Waals surface area contributed by atoms with Gasteiger partial charge >= 0.3 is 5.69 Å². The fraction of sp³-hybridized carbons (Fsp3) is 0.350. The van der Waals surface area contributed by atoms with Crippen molar-refractivity contribution in [3.05, 3.63) is 56.5 Å². The lowest BCUT2D eigenvalue weighted by molar-refractivity contribution is -0.118. The Morgan fingerprint density at radius 1 is 1.19 bits per heavy atom. The molecule has 0 unspecified atom stereocenters. The van der Waals surface area contributed by atoms with E-state index < -0.39 is 17.3 Å². The molecule has 0 saturated carbocycles. The minimum absolute atomic E-state index is 0.0637. The number of carbonyl (C=O) groups is 1. The average Bonchev–Trinajstić information content (AvgIpc) is 3.34. The summed E-state index contributed by atoms with van der Waals surface area (Å²) in [6, 6.07) is 2.87. The molecule has 2 N–H and O–H groups in total. The predicted molar refractivity (Wildman–Crippen MR) is 121 cm³/mol. The molecule has 0 spiro atoms. The summed E-state index contributed by atoms with van der Waals surface area (Å²) < 4.78 is 3.74. The molecule has 1 aliphatic rings. The summed E-state index contributed by atoms with van der Waals surface area (Å²) in [6.45, 7) is 5.84. The number of thioether (sulfide) groups is 1. The maximum Gasteiger partial charge on any atom is 0.332 e. The molecule has 10 nitrogen and oxygen atoms in total. The lowest BCUT2D eigenvalue weighted by atomic mass is 10.2. The zero-order valence-electron chi connectivity index (χ0n) is 17.8. The van der Waals surface area contributed by atoms with Crippen LogP contribution in [0.3, 0.4) is 0 Å². The summed E-state index contributed by atoms with van der Waals surface area (Å²) in [5.74, 6) is 0.0428. The molecular formula is C20H23N7O3S. The fourth-order valence-electron chi connectivity index (χ4n) is 3.37. The van der Waals surface area contributed by atoms with Gasteiger partial charge in [0, 0.05) is 25.9 Å². The van der Waals surface area contributed by atoms with E-state index in [4.69, 9.17) is 0 Å². The van der Waals surface area contributed by atoms with Crippen LogP contribution in [0.15, 0.2) is 39.7 Å². The number of imidazole rings is 1. The van der Waals surface area contributed by atoms with Gasteiger partial charge in [0.05, 0.1) is 16.9 Å². The number of nitrogens with zero attached hydrogens (tertiary/aromatic N) is 5. The van der Waals surface area contributed by atoms with Crippen LogP contribution in [0, 0.1) is 0 Å². The SMILES string of the molecule is C[C@@H](C(=O)Nc1ccc(C2=CSC(C)(C)N2)cn1)n1cnc2c1c(=O)n(C)c(=O)n2C. The van der Waals surface area contributed by atoms with E-state index in [1.165, 1.54) is 29.6 Å². The number of fused-ring (bicyclic) bond motifs is 1. The van der Waals surface area contributed by atoms with Gasteiger partial charge in [0.1, 0.15) is 11.9 Å². The van der Waals surface area contributed by atoms with Gasteiger partial charge in [-0.3, -0.25) is 18.7 Å². The van der Waals surface area contributed by atoms with Gasteiger partial charge in [-0.1, -0.05) is 0 Å². The first kappa shape index (κ1) is 20.9. The number of aromatic nitrogens is 5. The number of aryl methyl sites for hydroxylation is 1. The minimum atomic E-state index is -0.743. The molecule has 0 aromatic carbocycles. The summed E-state index contributed by atoms with van der Waals surface area (Å²) in [4.78, 5) is 46.0. The molecule has 1 aliphatic heterocycles. The largest absolute Gasteiger partial charge is 0.370 e. The third kappa shape index (κ3) is 3.65. The average molecular weight is 442 g/mol. The van der Waals surface area contributed by atoms with Crippen LogP contribution in [-0.2, 0) is 18.9 Å². The summed E-state index contributed by atoms with van der Waals surface area (Å²) in [5, 5.41) is 8.23. The first-order chi connectivity index (χ1) is 14.6. The molecule has 31 heavy (non-hydrogen) atoms. The van der Waals surface area contributed by atoms with Gasteiger partial charge in [-0.15, -0.1) is 11.8 Å². The lowest BCUT2D eigenvalue weighted by Gasteiger charge is -2.19. The van der Waals surface area contributed by atoms with Crippen molar-refractivity contribution in [3.8, 4) is 0 Å². The fourth-order valence-corrected chi connectivity index (χ4v) is 4.15. The topological polar surface area (TPSA) is 116 Å². The second-order valence-electron chi connectivity index (χ2n) is 7.91. The molecule has 4 rings (SSSR count). The van der Waals surface area contributed by atoms with E-state index in [2.05, 4.69) is 39.9 Å². The number of rotatable bonds is 4. The number of amides is 1. The molecule has 162 valence electrons. The molecule has 0 fully saturated rings. The maximum atomic E-state index is 12.8. The molecule has 3 aromatic heterocycles. The van der Waals surface area contributed by atoms with Crippen molar-refractivity contribution >= 4 is 40.3 Å². The summed E-state index contributed by atoms with van der Waals surface area (Å²) in [5.41, 5.74) is 1.35. The number of carbonyl (C=O) groups excluding carboxylic acids is 1. The van der Waals surface area contributed by atoms with Crippen LogP contribution in [0.4, 0.5) is 5.82 Å². The molecule has 0 bridgehead atoms. The maximum absolute atomic E-state index is 12.8. The number of hydrogen-bond donors (Lipinski definition) is 2. The van der Waals surface area contributed by atoms with Gasteiger partial charge in [0.2, 0.25) is 5.91 Å². The van der Waals surface area contributed by atoms with Crippen molar-refractivity contribution in [1.29, 1.82) is 0 Å². The third-order valence-corrected chi connectivity index (χ3v) is 6.25. The van der Waals surface area contributed by atoms with Crippen LogP contribution < -0.4 is 21.9 Å². The van der Waals surface area contributed by atoms with Crippen molar-refractivity contribution in [2.45, 2.75) is 31.7 Å². The van der Waals surface area contributed by atoms with Crippen molar-refractivity contribution < 1.29 is 4.79 Å². The summed E-state index contributed by atoms with van der Waals surface area (Å²) in [6.07, 6.45) is 3.09. The summed E-state index contributed by atoms with van der Waals surface area (Å²) >= 11 is 1.70. The van der Waals surface area contributed by atoms with E-state index in [0.717, 1.165) is 15.8 Å². The number of nitrogens with one attached hydrogen (secondary N) is 2. The van der Waals surface area contributed by atoms with Crippen LogP contribution in [0.1, 0.15) is 32.4 Å². The van der Waals surface area contributed by atoms with E-state index in [1.54, 1.807) is 30.9 Å². The normalized spacial score (nSPS) is 16.1. The van der Waals surface area contributed by atoms with E-state index >= 15 is 0 Å². The zero-order valence-corrected chi connectivity index (χ0v) is 18.6. The van der Waals surface area contributed by atoms with Crippen molar-refractivity contribution in [2.75, 3.05) is 5.32 Å². The molecular weight excluding hydrogens is 418 g/mol. The van der Waals surface area contributed by atoms with Crippen molar-refractivity contribution in [1.82, 2.24) is 29.0 Å². The molecule has 0 saturated heterocycles. The Morgan fingerprint density at radius 2 is 1.94 bits per heavy atom. The van der Waals surface area contributed by atoms with Crippen LogP contribution >= 0.6 is 11.8 Å². The lowest BCUT2D eigenvalue weighted by Crippen LogP contribution is -2.38. The Labute approximate surface area is 182 Å². The molecule has 11 heteroatoms. The van der Waals surface area contributed by atoms with Gasteiger partial charge in [-0.05, 0) is 38.3 Å². The van der Waals surface area contributed by atoms with Gasteiger partial charge in [0.25, 0.3) is 5.56 Å². The zero-order chi connectivity index (χ0) is 22.5. The first-order valence-electron chi connectivity index (χ1n) is 9.65. The highest BCUT2D eigenvalue weighted by atomic mass is 32.2. The standard InChI is InChI=1S/C20H23N7O3S/c1-11(27-10-22-16-15(27)18(29)26(5)19(30)25(16)4)17(28)23-14-7-6-12(8-21-14)13-9-31-20(2,3)24-13/h6-11,24H,1-5H3,(H,21,23,28)/t11-/m0/s1. The van der Waals surface area contributed by atoms with Gasteiger partial charge in [0.15, 0.2) is 11.2 Å². The highest BCUT2D eigenvalue weighted by molar-refractivity contribution is 8.03. The van der Waals surface area contributed by atoms with Gasteiger partial charge in [-0.25, -0.2) is 14.8 Å². The monoisotopic (exact) mass is 441 g/mol.